The van der Waals surface area contributed by atoms with Crippen LogP contribution in [0.25, 0.3) is 0 Å². The average Bonchev–Trinajstić information content (AvgIpc) is 2.89. The van der Waals surface area contributed by atoms with Crippen molar-refractivity contribution in [3.63, 3.8) is 0 Å². The van der Waals surface area contributed by atoms with Crippen molar-refractivity contribution >= 4 is 5.97 Å². The van der Waals surface area contributed by atoms with Gasteiger partial charge in [-0.2, -0.15) is 123 Å². The minimum atomic E-state index is -10.8. The number of carbonyl (C=O) groups is 1. The highest BCUT2D eigenvalue weighted by molar-refractivity contribution is 5.87. The number of ether oxygens (including phenoxy) is 1. The van der Waals surface area contributed by atoms with E-state index in [-0.39, 0.29) is 6.92 Å². The summed E-state index contributed by atoms with van der Waals surface area (Å²) in [4.78, 5) is 10.9. The Morgan fingerprint density at radius 2 is 0.640 bits per heavy atom. The normalized spacial score (nSPS) is 25.8. The molecule has 50 heavy (non-hydrogen) atoms. The van der Waals surface area contributed by atoms with E-state index in [9.17, 15) is 128 Å². The molecule has 296 valence electrons. The van der Waals surface area contributed by atoms with Crippen molar-refractivity contribution in [2.45, 2.75) is 95.7 Å². The highest BCUT2D eigenvalue weighted by atomic mass is 19.4. The molecule has 0 aromatic carbocycles. The third kappa shape index (κ3) is 4.42. The van der Waals surface area contributed by atoms with Crippen molar-refractivity contribution in [1.82, 2.24) is 0 Å². The first-order valence-electron chi connectivity index (χ1n) is 10.9. The molecule has 0 bridgehead atoms. The quantitative estimate of drug-likeness (QED) is 0.139. The molecule has 1 aliphatic carbocycles. The fraction of sp³-hybridized carbons (Fsp3) is 0.842. The molecule has 2 nitrogen and oxygen atoms in total. The summed E-state index contributed by atoms with van der Waals surface area (Å²) in [6.45, 7) is 2.36. The van der Waals surface area contributed by atoms with E-state index in [4.69, 9.17) is 0 Å². The van der Waals surface area contributed by atoms with Crippen LogP contribution in [0.5, 0.6) is 0 Å². The Morgan fingerprint density at radius 1 is 0.420 bits per heavy atom. The van der Waals surface area contributed by atoms with E-state index in [0.29, 0.717) is 0 Å². The Hall–Kier alpha value is -2.82. The van der Waals surface area contributed by atoms with Gasteiger partial charge in [0.2, 0.25) is 0 Å². The van der Waals surface area contributed by atoms with Gasteiger partial charge in [-0.25, -0.2) is 9.18 Å². The van der Waals surface area contributed by atoms with Gasteiger partial charge in [-0.3, -0.25) is 0 Å². The fourth-order valence-electron chi connectivity index (χ4n) is 3.47. The molecule has 0 amide bonds. The topological polar surface area (TPSA) is 26.3 Å². The Morgan fingerprint density at radius 3 is 0.880 bits per heavy atom. The molecule has 1 aliphatic rings. The molecule has 31 heteroatoms. The third-order valence-corrected chi connectivity index (χ3v) is 6.57. The molecule has 0 aliphatic heterocycles. The van der Waals surface area contributed by atoms with Crippen LogP contribution in [0, 0.1) is 0 Å². The first-order chi connectivity index (χ1) is 21.1. The smallest absolute Gasteiger partial charge is 0.393 e. The van der Waals surface area contributed by atoms with Crippen molar-refractivity contribution in [3.8, 4) is 0 Å². The van der Waals surface area contributed by atoms with Crippen LogP contribution in [0.2, 0.25) is 0 Å². The van der Waals surface area contributed by atoms with E-state index < -0.39 is 100 Å². The highest BCUT2D eigenvalue weighted by Crippen LogP contribution is 2.75. The first-order valence-corrected chi connectivity index (χ1v) is 10.9. The number of hydrogen-bond acceptors (Lipinski definition) is 2. The summed E-state index contributed by atoms with van der Waals surface area (Å²) in [7, 11) is 0. The third-order valence-electron chi connectivity index (χ3n) is 6.57. The van der Waals surface area contributed by atoms with Crippen LogP contribution in [0.1, 0.15) is 6.92 Å². The van der Waals surface area contributed by atoms with E-state index in [0.717, 1.165) is 0 Å². The second-order valence-electron chi connectivity index (χ2n) is 9.81. The standard InChI is InChI=1S/C19H5F29O2/c1-3(2)4(49)50-19(47,48)18(45,46)17(43,44)14(37,38)11(31,32)8(25,26)5(20)6(21,22)9(27,28)12(33,34)15(39,40)16(41,42)13(35,36)10(29,30)7(5,23)24/h1H2,2H3. The molecule has 0 unspecified atom stereocenters. The molecule has 1 rings (SSSR count). The van der Waals surface area contributed by atoms with Crippen molar-refractivity contribution in [2.75, 3.05) is 0 Å². The van der Waals surface area contributed by atoms with E-state index in [2.05, 4.69) is 11.3 Å². The maximum absolute atomic E-state index is 15.1. The predicted molar refractivity (Wildman–Crippen MR) is 94.0 cm³/mol. The summed E-state index contributed by atoms with van der Waals surface area (Å²) in [6.07, 6.45) is -7.87. The van der Waals surface area contributed by atoms with Gasteiger partial charge in [-0.15, -0.1) is 0 Å². The minimum Gasteiger partial charge on any atom is -0.393 e. The lowest BCUT2D eigenvalue weighted by atomic mass is 9.73. The second kappa shape index (κ2) is 10.6. The van der Waals surface area contributed by atoms with Gasteiger partial charge in [0.05, 0.1) is 0 Å². The number of rotatable bonds is 8. The lowest BCUT2D eigenvalue weighted by Gasteiger charge is -2.50. The van der Waals surface area contributed by atoms with Crippen LogP contribution in [-0.4, -0.2) is 94.7 Å². The van der Waals surface area contributed by atoms with Crippen LogP contribution in [0.3, 0.4) is 0 Å². The van der Waals surface area contributed by atoms with Gasteiger partial charge >= 0.3 is 94.7 Å². The Labute approximate surface area is 252 Å². The zero-order valence-corrected chi connectivity index (χ0v) is 22.0. The number of hydrogen-bond donors (Lipinski definition) is 0. The average molecular weight is 816 g/mol. The van der Waals surface area contributed by atoms with Crippen LogP contribution in [-0.2, 0) is 9.53 Å². The number of halogens is 29. The van der Waals surface area contributed by atoms with E-state index in [1.165, 1.54) is 0 Å². The summed E-state index contributed by atoms with van der Waals surface area (Å²) in [5.41, 5.74) is -12.5. The van der Waals surface area contributed by atoms with Gasteiger partial charge in [-0.1, -0.05) is 6.58 Å². The summed E-state index contributed by atoms with van der Waals surface area (Å²) in [5, 5.41) is 0. The summed E-state index contributed by atoms with van der Waals surface area (Å²) < 4.78 is 408. The van der Waals surface area contributed by atoms with Gasteiger partial charge in [0.1, 0.15) is 0 Å². The van der Waals surface area contributed by atoms with Crippen LogP contribution >= 0.6 is 0 Å². The van der Waals surface area contributed by atoms with Crippen molar-refractivity contribution in [3.05, 3.63) is 12.2 Å². The SMILES string of the molecule is C=C(C)C(=O)OC(F)(F)C(F)(F)C(F)(F)C(F)(F)C(F)(F)C(F)(F)C1(F)C(F)(F)C(F)(F)C(F)(F)C(F)(F)C(F)(F)C(F)(F)C(F)(F)C1(F)F. The van der Waals surface area contributed by atoms with Crippen molar-refractivity contribution in [1.29, 1.82) is 0 Å². The molecule has 1 saturated carbocycles. The second-order valence-corrected chi connectivity index (χ2v) is 9.81. The molecule has 0 saturated heterocycles. The van der Waals surface area contributed by atoms with Gasteiger partial charge < -0.3 is 4.74 Å². The van der Waals surface area contributed by atoms with Crippen LogP contribution < -0.4 is 0 Å². The number of alkyl halides is 29. The van der Waals surface area contributed by atoms with Gasteiger partial charge in [0.25, 0.3) is 0 Å². The zero-order chi connectivity index (χ0) is 41.4. The zero-order valence-electron chi connectivity index (χ0n) is 22.0. The molecule has 0 N–H and O–H groups in total. The van der Waals surface area contributed by atoms with Crippen LogP contribution in [0.4, 0.5) is 127 Å². The van der Waals surface area contributed by atoms with Gasteiger partial charge in [-0.05, 0) is 6.92 Å². The first kappa shape index (κ1) is 45.2. The summed E-state index contributed by atoms with van der Waals surface area (Å²) in [6, 6.07) is 0. The maximum Gasteiger partial charge on any atom is 0.473 e. The largest absolute Gasteiger partial charge is 0.473 e. The molecular weight excluding hydrogens is 811 g/mol. The molecule has 1 fully saturated rings. The molecule has 0 atom stereocenters. The molecule has 0 radical (unpaired) electrons. The van der Waals surface area contributed by atoms with Gasteiger partial charge in [0.15, 0.2) is 0 Å². The summed E-state index contributed by atoms with van der Waals surface area (Å²) in [5.74, 6) is -132. The summed E-state index contributed by atoms with van der Waals surface area (Å²) >= 11 is 0. The maximum atomic E-state index is 15.1. The van der Waals surface area contributed by atoms with Crippen LogP contribution in [0.15, 0.2) is 12.2 Å². The highest BCUT2D eigenvalue weighted by Gasteiger charge is 3.08. The van der Waals surface area contributed by atoms with Crippen molar-refractivity contribution < 1.29 is 137 Å². The van der Waals surface area contributed by atoms with Gasteiger partial charge in [0, 0.05) is 5.57 Å². The monoisotopic (exact) mass is 816 g/mol. The number of carbonyl (C=O) groups excluding carboxylic acids is 1. The minimum absolute atomic E-state index is 0.0978. The lowest BCUT2D eigenvalue weighted by Crippen LogP contribution is -2.84. The van der Waals surface area contributed by atoms with E-state index in [1.54, 1.807) is 0 Å². The fourth-order valence-corrected chi connectivity index (χ4v) is 3.47. The van der Waals surface area contributed by atoms with E-state index in [1.807, 2.05) is 0 Å². The van der Waals surface area contributed by atoms with Crippen molar-refractivity contribution in [2.24, 2.45) is 0 Å². The number of esters is 1. The predicted octanol–water partition coefficient (Wildman–Crippen LogP) is 9.68. The molecule has 0 heterocycles. The molecular formula is C19H5F29O2. The molecule has 0 aromatic heterocycles. The van der Waals surface area contributed by atoms with E-state index >= 15 is 4.39 Å². The molecule has 0 spiro atoms. The molecule has 0 aromatic rings. The Bertz CT molecular complexity index is 1320. The Kier molecular flexibility index (Phi) is 9.61. The Balaban J connectivity index is 4.58. The lowest BCUT2D eigenvalue weighted by molar-refractivity contribution is -0.491.